The van der Waals surface area contributed by atoms with Crippen molar-refractivity contribution in [1.82, 2.24) is 0 Å². The highest BCUT2D eigenvalue weighted by molar-refractivity contribution is 5.81. The SMILES string of the molecule is C=CC(=O)OC([O])CC. The van der Waals surface area contributed by atoms with Gasteiger partial charge in [0.05, 0.1) is 0 Å². The first-order chi connectivity index (χ1) is 4.20. The molecule has 0 saturated carbocycles. The second-order valence-electron chi connectivity index (χ2n) is 1.48. The minimum Gasteiger partial charge on any atom is -0.430 e. The van der Waals surface area contributed by atoms with Crippen LogP contribution in [0.1, 0.15) is 13.3 Å². The van der Waals surface area contributed by atoms with Crippen molar-refractivity contribution in [2.24, 2.45) is 0 Å². The molecule has 0 aromatic heterocycles. The highest BCUT2D eigenvalue weighted by Crippen LogP contribution is 1.93. The molecule has 0 fully saturated rings. The average molecular weight is 129 g/mol. The third kappa shape index (κ3) is 3.73. The molecule has 0 aromatic rings. The van der Waals surface area contributed by atoms with Gasteiger partial charge in [0, 0.05) is 12.5 Å². The van der Waals surface area contributed by atoms with E-state index in [0.717, 1.165) is 6.08 Å². The van der Waals surface area contributed by atoms with Crippen molar-refractivity contribution in [3.8, 4) is 0 Å². The summed E-state index contributed by atoms with van der Waals surface area (Å²) in [6, 6.07) is 0. The van der Waals surface area contributed by atoms with E-state index >= 15 is 0 Å². The van der Waals surface area contributed by atoms with Crippen molar-refractivity contribution in [3.63, 3.8) is 0 Å². The Bertz CT molecular complexity index is 109. The summed E-state index contributed by atoms with van der Waals surface area (Å²) in [4.78, 5) is 10.2. The smallest absolute Gasteiger partial charge is 0.332 e. The minimum absolute atomic E-state index is 0.291. The van der Waals surface area contributed by atoms with Crippen molar-refractivity contribution in [2.45, 2.75) is 19.6 Å². The normalized spacial score (nSPS) is 12.2. The number of esters is 1. The van der Waals surface area contributed by atoms with Gasteiger partial charge in [-0.15, -0.1) is 0 Å². The van der Waals surface area contributed by atoms with Crippen LogP contribution in [0.15, 0.2) is 12.7 Å². The predicted octanol–water partition coefficient (Wildman–Crippen LogP) is 0.882. The van der Waals surface area contributed by atoms with Gasteiger partial charge >= 0.3 is 5.97 Å². The summed E-state index contributed by atoms with van der Waals surface area (Å²) in [6.07, 6.45) is 0.0237. The molecule has 0 N–H and O–H groups in total. The largest absolute Gasteiger partial charge is 0.430 e. The molecule has 0 aliphatic heterocycles. The van der Waals surface area contributed by atoms with Gasteiger partial charge in [0.2, 0.25) is 6.29 Å². The van der Waals surface area contributed by atoms with E-state index in [1.54, 1.807) is 6.92 Å². The van der Waals surface area contributed by atoms with Crippen LogP contribution < -0.4 is 0 Å². The van der Waals surface area contributed by atoms with E-state index in [0.29, 0.717) is 6.42 Å². The van der Waals surface area contributed by atoms with Gasteiger partial charge in [-0.2, -0.15) is 5.11 Å². The van der Waals surface area contributed by atoms with Crippen molar-refractivity contribution >= 4 is 5.97 Å². The number of hydrogen-bond acceptors (Lipinski definition) is 2. The van der Waals surface area contributed by atoms with E-state index in [4.69, 9.17) is 0 Å². The Kier molecular flexibility index (Phi) is 3.71. The molecule has 3 heteroatoms. The highest BCUT2D eigenvalue weighted by Gasteiger charge is 2.05. The first-order valence-electron chi connectivity index (χ1n) is 2.69. The van der Waals surface area contributed by atoms with Crippen LogP contribution in [0.5, 0.6) is 0 Å². The second-order valence-corrected chi connectivity index (χ2v) is 1.48. The first-order valence-corrected chi connectivity index (χ1v) is 2.69. The lowest BCUT2D eigenvalue weighted by Gasteiger charge is -2.03. The van der Waals surface area contributed by atoms with Crippen LogP contribution in [-0.4, -0.2) is 12.3 Å². The molecule has 0 aliphatic carbocycles. The zero-order chi connectivity index (χ0) is 7.28. The molecular formula is C6H9O3. The Morgan fingerprint density at radius 3 is 2.78 bits per heavy atom. The van der Waals surface area contributed by atoms with Gasteiger partial charge < -0.3 is 4.74 Å². The van der Waals surface area contributed by atoms with Gasteiger partial charge in [0.25, 0.3) is 0 Å². The summed E-state index contributed by atoms with van der Waals surface area (Å²) >= 11 is 0. The molecule has 1 unspecified atom stereocenters. The topological polar surface area (TPSA) is 46.2 Å². The van der Waals surface area contributed by atoms with Gasteiger partial charge in [-0.1, -0.05) is 13.5 Å². The lowest BCUT2D eigenvalue weighted by atomic mass is 10.5. The van der Waals surface area contributed by atoms with E-state index in [2.05, 4.69) is 11.3 Å². The number of carbonyl (C=O) groups is 1. The fourth-order valence-corrected chi connectivity index (χ4v) is 0.261. The molecule has 0 spiro atoms. The van der Waals surface area contributed by atoms with Gasteiger partial charge in [-0.25, -0.2) is 4.79 Å². The molecule has 0 bridgehead atoms. The Balaban J connectivity index is 3.46. The molecule has 1 radical (unpaired) electrons. The van der Waals surface area contributed by atoms with Crippen LogP contribution >= 0.6 is 0 Å². The number of hydrogen-bond donors (Lipinski definition) is 0. The first kappa shape index (κ1) is 8.17. The molecule has 0 amide bonds. The van der Waals surface area contributed by atoms with E-state index in [1.807, 2.05) is 0 Å². The molecule has 9 heavy (non-hydrogen) atoms. The average Bonchev–Trinajstić information content (AvgIpc) is 1.87. The Hall–Kier alpha value is -0.830. The molecular weight excluding hydrogens is 120 g/mol. The van der Waals surface area contributed by atoms with Crippen molar-refractivity contribution in [2.75, 3.05) is 0 Å². The van der Waals surface area contributed by atoms with Crippen molar-refractivity contribution in [1.29, 1.82) is 0 Å². The fraction of sp³-hybridized carbons (Fsp3) is 0.500. The molecule has 3 nitrogen and oxygen atoms in total. The lowest BCUT2D eigenvalue weighted by Crippen LogP contribution is -2.12. The fourth-order valence-electron chi connectivity index (χ4n) is 0.261. The monoisotopic (exact) mass is 129 g/mol. The van der Waals surface area contributed by atoms with E-state index < -0.39 is 12.3 Å². The highest BCUT2D eigenvalue weighted by atomic mass is 16.6. The summed E-state index contributed by atoms with van der Waals surface area (Å²) in [5.74, 6) is -0.656. The maximum atomic E-state index is 10.4. The molecule has 0 saturated heterocycles. The Labute approximate surface area is 53.9 Å². The van der Waals surface area contributed by atoms with Gasteiger partial charge in [0.1, 0.15) is 0 Å². The molecule has 0 heterocycles. The molecule has 0 rings (SSSR count). The summed E-state index contributed by atoms with van der Waals surface area (Å²) < 4.78 is 4.24. The van der Waals surface area contributed by atoms with Crippen molar-refractivity contribution in [3.05, 3.63) is 12.7 Å². The third-order valence-electron chi connectivity index (χ3n) is 0.748. The summed E-state index contributed by atoms with van der Waals surface area (Å²) in [6.45, 7) is 4.78. The molecule has 0 aromatic carbocycles. The quantitative estimate of drug-likeness (QED) is 0.322. The van der Waals surface area contributed by atoms with E-state index in [9.17, 15) is 9.90 Å². The summed E-state index contributed by atoms with van der Waals surface area (Å²) in [7, 11) is 0. The molecule has 1 atom stereocenters. The number of ether oxygens (including phenoxy) is 1. The van der Waals surface area contributed by atoms with Crippen molar-refractivity contribution < 1.29 is 14.6 Å². The zero-order valence-corrected chi connectivity index (χ0v) is 5.29. The maximum Gasteiger partial charge on any atom is 0.332 e. The van der Waals surface area contributed by atoms with Gasteiger partial charge in [-0.05, 0) is 0 Å². The lowest BCUT2D eigenvalue weighted by molar-refractivity contribution is -0.173. The van der Waals surface area contributed by atoms with E-state index in [1.165, 1.54) is 0 Å². The van der Waals surface area contributed by atoms with Gasteiger partial charge in [0.15, 0.2) is 0 Å². The standard InChI is InChI=1S/C6H9O3/c1-3-5(7)9-6(8)4-2/h3,6H,1,4H2,2H3. The van der Waals surface area contributed by atoms with Crippen LogP contribution in [0.3, 0.4) is 0 Å². The third-order valence-corrected chi connectivity index (χ3v) is 0.748. The zero-order valence-electron chi connectivity index (χ0n) is 5.29. The Morgan fingerprint density at radius 1 is 1.89 bits per heavy atom. The van der Waals surface area contributed by atoms with Crippen LogP contribution in [0.25, 0.3) is 0 Å². The number of carbonyl (C=O) groups excluding carboxylic acids is 1. The van der Waals surface area contributed by atoms with Crippen LogP contribution in [-0.2, 0) is 14.6 Å². The number of rotatable bonds is 3. The van der Waals surface area contributed by atoms with Crippen LogP contribution in [0.2, 0.25) is 0 Å². The molecule has 0 aliphatic rings. The summed E-state index contributed by atoms with van der Waals surface area (Å²) in [5.41, 5.74) is 0. The maximum absolute atomic E-state index is 10.4. The van der Waals surface area contributed by atoms with E-state index in [-0.39, 0.29) is 0 Å². The minimum atomic E-state index is -1.24. The summed E-state index contributed by atoms with van der Waals surface area (Å²) in [5, 5.41) is 10.4. The predicted molar refractivity (Wildman–Crippen MR) is 31.1 cm³/mol. The van der Waals surface area contributed by atoms with Gasteiger partial charge in [-0.3, -0.25) is 0 Å². The Morgan fingerprint density at radius 2 is 2.44 bits per heavy atom. The van der Waals surface area contributed by atoms with Crippen LogP contribution in [0, 0.1) is 0 Å². The molecule has 51 valence electrons. The second kappa shape index (κ2) is 4.09. The van der Waals surface area contributed by atoms with Crippen LogP contribution in [0.4, 0.5) is 0 Å².